The summed E-state index contributed by atoms with van der Waals surface area (Å²) in [7, 11) is 1.57. The zero-order chi connectivity index (χ0) is 18.0. The van der Waals surface area contributed by atoms with Crippen LogP contribution in [-0.2, 0) is 11.8 Å². The van der Waals surface area contributed by atoms with Crippen molar-refractivity contribution in [3.8, 4) is 5.75 Å². The van der Waals surface area contributed by atoms with Crippen molar-refractivity contribution >= 4 is 10.9 Å². The maximum absolute atomic E-state index is 13.7. The number of H-pyrrole nitrogens is 1. The Morgan fingerprint density at radius 3 is 2.80 bits per heavy atom. The molecule has 0 radical (unpaired) electrons. The van der Waals surface area contributed by atoms with Gasteiger partial charge < -0.3 is 14.8 Å². The maximum atomic E-state index is 13.7. The molecule has 0 amide bonds. The third kappa shape index (κ3) is 3.82. The van der Waals surface area contributed by atoms with E-state index in [0.717, 1.165) is 22.2 Å². The number of nitrogens with zero attached hydrogens (tertiary/aromatic N) is 1. The van der Waals surface area contributed by atoms with Gasteiger partial charge in [0, 0.05) is 29.3 Å². The first kappa shape index (κ1) is 17.4. The van der Waals surface area contributed by atoms with E-state index in [-0.39, 0.29) is 5.82 Å². The van der Waals surface area contributed by atoms with Gasteiger partial charge in [0.25, 0.3) is 0 Å². The fraction of sp³-hybridized carbons (Fsp3) is 0.350. The largest absolute Gasteiger partial charge is 0.496 e. The Hall–Kier alpha value is -2.40. The normalized spacial score (nSPS) is 13.2. The SMILES string of the molecule is COc1ccc(F)cc1C(C)(C)CC(O)Cc1cc2ccncc2[nH]1. The Labute approximate surface area is 146 Å². The zero-order valence-corrected chi connectivity index (χ0v) is 14.7. The second-order valence-electron chi connectivity index (χ2n) is 7.05. The van der Waals surface area contributed by atoms with Crippen LogP contribution < -0.4 is 4.74 Å². The van der Waals surface area contributed by atoms with Crippen molar-refractivity contribution in [1.29, 1.82) is 0 Å². The van der Waals surface area contributed by atoms with Crippen molar-refractivity contribution in [3.63, 3.8) is 0 Å². The molecule has 0 aliphatic heterocycles. The molecular formula is C20H23FN2O2. The average molecular weight is 342 g/mol. The highest BCUT2D eigenvalue weighted by Gasteiger charge is 2.28. The summed E-state index contributed by atoms with van der Waals surface area (Å²) in [5.74, 6) is 0.330. The lowest BCUT2D eigenvalue weighted by molar-refractivity contribution is 0.137. The van der Waals surface area contributed by atoms with Crippen molar-refractivity contribution in [2.75, 3.05) is 7.11 Å². The van der Waals surface area contributed by atoms with Gasteiger partial charge in [-0.2, -0.15) is 0 Å². The number of methoxy groups -OCH3 is 1. The first-order valence-electron chi connectivity index (χ1n) is 8.33. The number of aliphatic hydroxyl groups is 1. The predicted octanol–water partition coefficient (Wildman–Crippen LogP) is 3.98. The summed E-state index contributed by atoms with van der Waals surface area (Å²) in [5, 5.41) is 11.7. The zero-order valence-electron chi connectivity index (χ0n) is 14.7. The van der Waals surface area contributed by atoms with Gasteiger partial charge in [0.2, 0.25) is 0 Å². The van der Waals surface area contributed by atoms with Gasteiger partial charge in [-0.05, 0) is 42.2 Å². The van der Waals surface area contributed by atoms with Crippen LogP contribution in [0.1, 0.15) is 31.5 Å². The number of benzene rings is 1. The van der Waals surface area contributed by atoms with Gasteiger partial charge in [-0.3, -0.25) is 4.98 Å². The minimum atomic E-state index is -0.566. The van der Waals surface area contributed by atoms with Gasteiger partial charge >= 0.3 is 0 Å². The van der Waals surface area contributed by atoms with Crippen LogP contribution in [0, 0.1) is 5.82 Å². The highest BCUT2D eigenvalue weighted by Crippen LogP contribution is 2.36. The summed E-state index contributed by atoms with van der Waals surface area (Å²) >= 11 is 0. The number of nitrogens with one attached hydrogen (secondary N) is 1. The quantitative estimate of drug-likeness (QED) is 0.712. The van der Waals surface area contributed by atoms with E-state index < -0.39 is 11.5 Å². The molecule has 0 aliphatic carbocycles. The van der Waals surface area contributed by atoms with Crippen LogP contribution in [0.3, 0.4) is 0 Å². The minimum Gasteiger partial charge on any atom is -0.496 e. The summed E-state index contributed by atoms with van der Waals surface area (Å²) in [5.41, 5.74) is 2.24. The monoisotopic (exact) mass is 342 g/mol. The van der Waals surface area contributed by atoms with Crippen LogP contribution in [-0.4, -0.2) is 28.3 Å². The molecule has 0 spiro atoms. The fourth-order valence-electron chi connectivity index (χ4n) is 3.38. The number of hydrogen-bond acceptors (Lipinski definition) is 3. The Morgan fingerprint density at radius 1 is 1.28 bits per heavy atom. The summed E-state index contributed by atoms with van der Waals surface area (Å²) in [6.07, 6.45) is 3.93. The number of pyridine rings is 1. The molecule has 1 unspecified atom stereocenters. The first-order chi connectivity index (χ1) is 11.9. The Bertz CT molecular complexity index is 840. The number of halogens is 1. The molecule has 3 aromatic rings. The van der Waals surface area contributed by atoms with Crippen LogP contribution in [0.5, 0.6) is 5.75 Å². The predicted molar refractivity (Wildman–Crippen MR) is 96.4 cm³/mol. The van der Waals surface area contributed by atoms with Crippen molar-refractivity contribution in [3.05, 3.63) is 59.8 Å². The first-order valence-corrected chi connectivity index (χ1v) is 8.33. The molecule has 0 saturated heterocycles. The highest BCUT2D eigenvalue weighted by molar-refractivity contribution is 5.79. The highest BCUT2D eigenvalue weighted by atomic mass is 19.1. The molecule has 1 aromatic carbocycles. The second-order valence-corrected chi connectivity index (χ2v) is 7.05. The lowest BCUT2D eigenvalue weighted by Gasteiger charge is -2.29. The molecule has 0 saturated carbocycles. The molecular weight excluding hydrogens is 319 g/mol. The average Bonchev–Trinajstić information content (AvgIpc) is 2.96. The Kier molecular flexibility index (Phi) is 4.77. The van der Waals surface area contributed by atoms with Gasteiger partial charge in [-0.1, -0.05) is 13.8 Å². The van der Waals surface area contributed by atoms with Crippen molar-refractivity contribution in [1.82, 2.24) is 9.97 Å². The number of fused-ring (bicyclic) bond motifs is 1. The van der Waals surface area contributed by atoms with Crippen molar-refractivity contribution in [2.24, 2.45) is 0 Å². The van der Waals surface area contributed by atoms with Gasteiger partial charge in [0.15, 0.2) is 0 Å². The third-order valence-electron chi connectivity index (χ3n) is 4.57. The summed E-state index contributed by atoms with van der Waals surface area (Å²) in [6, 6.07) is 8.45. The molecule has 2 aromatic heterocycles. The Balaban J connectivity index is 1.77. The van der Waals surface area contributed by atoms with Crippen molar-refractivity contribution in [2.45, 2.75) is 38.2 Å². The van der Waals surface area contributed by atoms with Crippen LogP contribution >= 0.6 is 0 Å². The number of rotatable bonds is 6. The maximum Gasteiger partial charge on any atom is 0.123 e. The number of hydrogen-bond donors (Lipinski definition) is 2. The van der Waals surface area contributed by atoms with Crippen LogP contribution in [0.15, 0.2) is 42.7 Å². The molecule has 3 rings (SSSR count). The summed E-state index contributed by atoms with van der Waals surface area (Å²) in [4.78, 5) is 7.37. The minimum absolute atomic E-state index is 0.304. The number of aromatic nitrogens is 2. The van der Waals surface area contributed by atoms with E-state index in [1.165, 1.54) is 12.1 Å². The second kappa shape index (κ2) is 6.84. The number of ether oxygens (including phenoxy) is 1. The smallest absolute Gasteiger partial charge is 0.123 e. The lowest BCUT2D eigenvalue weighted by Crippen LogP contribution is -2.26. The topological polar surface area (TPSA) is 58.1 Å². The van der Waals surface area contributed by atoms with E-state index in [4.69, 9.17) is 4.74 Å². The van der Waals surface area contributed by atoms with Gasteiger partial charge in [0.05, 0.1) is 24.9 Å². The van der Waals surface area contributed by atoms with Crippen LogP contribution in [0.25, 0.3) is 10.9 Å². The van der Waals surface area contributed by atoms with Crippen LogP contribution in [0.2, 0.25) is 0 Å². The van der Waals surface area contributed by atoms with E-state index in [0.29, 0.717) is 18.6 Å². The van der Waals surface area contributed by atoms with E-state index in [9.17, 15) is 9.50 Å². The molecule has 25 heavy (non-hydrogen) atoms. The van der Waals surface area contributed by atoms with E-state index in [1.54, 1.807) is 25.6 Å². The molecule has 0 bridgehead atoms. The fourth-order valence-corrected chi connectivity index (χ4v) is 3.38. The van der Waals surface area contributed by atoms with E-state index in [2.05, 4.69) is 9.97 Å². The molecule has 5 heteroatoms. The van der Waals surface area contributed by atoms with Gasteiger partial charge in [-0.15, -0.1) is 0 Å². The molecule has 132 valence electrons. The molecule has 4 nitrogen and oxygen atoms in total. The van der Waals surface area contributed by atoms with Crippen molar-refractivity contribution < 1.29 is 14.2 Å². The molecule has 2 heterocycles. The molecule has 2 N–H and O–H groups in total. The van der Waals surface area contributed by atoms with Gasteiger partial charge in [0.1, 0.15) is 11.6 Å². The number of aromatic amines is 1. The Morgan fingerprint density at radius 2 is 2.08 bits per heavy atom. The standard InChI is InChI=1S/C20H23FN2O2/c1-20(2,17-9-14(21)4-5-19(17)25-3)11-16(24)10-15-8-13-6-7-22-12-18(13)23-15/h4-9,12,16,23-24H,10-11H2,1-3H3. The molecule has 1 atom stereocenters. The number of aliphatic hydroxyl groups excluding tert-OH is 1. The van der Waals surface area contributed by atoms with E-state index in [1.807, 2.05) is 26.0 Å². The van der Waals surface area contributed by atoms with Crippen LogP contribution in [0.4, 0.5) is 4.39 Å². The lowest BCUT2D eigenvalue weighted by atomic mass is 9.78. The third-order valence-corrected chi connectivity index (χ3v) is 4.57. The molecule has 0 aliphatic rings. The summed E-state index contributed by atoms with van der Waals surface area (Å²) in [6.45, 7) is 3.98. The van der Waals surface area contributed by atoms with E-state index >= 15 is 0 Å². The van der Waals surface area contributed by atoms with Gasteiger partial charge in [-0.25, -0.2) is 4.39 Å². The molecule has 0 fully saturated rings. The summed E-state index contributed by atoms with van der Waals surface area (Å²) < 4.78 is 19.1.